The van der Waals surface area contributed by atoms with E-state index in [1.165, 1.54) is 0 Å². The van der Waals surface area contributed by atoms with Crippen LogP contribution in [0.15, 0.2) is 24.3 Å². The molecule has 2 amide bonds. The zero-order chi connectivity index (χ0) is 13.7. The summed E-state index contributed by atoms with van der Waals surface area (Å²) in [4.78, 5) is 11.7. The van der Waals surface area contributed by atoms with Crippen LogP contribution in [-0.4, -0.2) is 37.5 Å². The number of aliphatic hydroxyl groups excluding tert-OH is 1. The number of nitrogens with one attached hydrogen (secondary N) is 2. The number of aliphatic hydroxyl groups is 1. The van der Waals surface area contributed by atoms with Gasteiger partial charge in [-0.2, -0.15) is 0 Å². The molecule has 2 rings (SSSR count). The molecule has 0 spiro atoms. The molecule has 1 aromatic carbocycles. The standard InChI is InChI=1S/C14H20N2O3/c1-19-8-4-7-15-14(18)16-13-11-6-3-2-5-10(11)9-12(13)17/h2-3,5-6,12-13,17H,4,7-9H2,1H3,(H2,15,16,18). The Balaban J connectivity index is 1.87. The average molecular weight is 264 g/mol. The van der Waals surface area contributed by atoms with E-state index in [4.69, 9.17) is 4.74 Å². The summed E-state index contributed by atoms with van der Waals surface area (Å²) in [5, 5.41) is 15.6. The van der Waals surface area contributed by atoms with Gasteiger partial charge in [-0.25, -0.2) is 4.79 Å². The quantitative estimate of drug-likeness (QED) is 0.694. The Labute approximate surface area is 113 Å². The maximum absolute atomic E-state index is 11.7. The summed E-state index contributed by atoms with van der Waals surface area (Å²) < 4.78 is 4.91. The number of ether oxygens (including phenoxy) is 1. The molecular weight excluding hydrogens is 244 g/mol. The Hall–Kier alpha value is -1.59. The van der Waals surface area contributed by atoms with Crippen molar-refractivity contribution in [3.63, 3.8) is 0 Å². The molecule has 3 N–H and O–H groups in total. The van der Waals surface area contributed by atoms with Gasteiger partial charge in [0.05, 0.1) is 12.1 Å². The molecule has 0 radical (unpaired) electrons. The third kappa shape index (κ3) is 3.45. The highest BCUT2D eigenvalue weighted by molar-refractivity contribution is 5.74. The molecule has 0 bridgehead atoms. The summed E-state index contributed by atoms with van der Waals surface area (Å²) in [6, 6.07) is 7.22. The first kappa shape index (κ1) is 13.8. The minimum Gasteiger partial charge on any atom is -0.390 e. The number of carbonyl (C=O) groups is 1. The summed E-state index contributed by atoms with van der Waals surface area (Å²) >= 11 is 0. The fourth-order valence-corrected chi connectivity index (χ4v) is 2.36. The molecule has 1 aliphatic rings. The minimum atomic E-state index is -0.554. The molecule has 0 saturated carbocycles. The number of rotatable bonds is 5. The van der Waals surface area contributed by atoms with Crippen LogP contribution >= 0.6 is 0 Å². The third-order valence-corrected chi connectivity index (χ3v) is 3.30. The Morgan fingerprint density at radius 3 is 3.05 bits per heavy atom. The van der Waals surface area contributed by atoms with E-state index in [-0.39, 0.29) is 12.1 Å². The summed E-state index contributed by atoms with van der Waals surface area (Å²) in [6.45, 7) is 1.18. The monoisotopic (exact) mass is 264 g/mol. The van der Waals surface area contributed by atoms with E-state index in [9.17, 15) is 9.90 Å². The second kappa shape index (κ2) is 6.54. The van der Waals surface area contributed by atoms with Gasteiger partial charge in [-0.15, -0.1) is 0 Å². The number of fused-ring (bicyclic) bond motifs is 1. The van der Waals surface area contributed by atoms with Gasteiger partial charge in [-0.05, 0) is 17.5 Å². The number of carbonyl (C=O) groups excluding carboxylic acids is 1. The van der Waals surface area contributed by atoms with Crippen molar-refractivity contribution < 1.29 is 14.6 Å². The van der Waals surface area contributed by atoms with Crippen LogP contribution in [0.2, 0.25) is 0 Å². The van der Waals surface area contributed by atoms with E-state index >= 15 is 0 Å². The van der Waals surface area contributed by atoms with Gasteiger partial charge in [0.2, 0.25) is 0 Å². The maximum atomic E-state index is 11.7. The van der Waals surface area contributed by atoms with Crippen LogP contribution in [0, 0.1) is 0 Å². The predicted octanol–water partition coefficient (Wildman–Crippen LogP) is 0.980. The van der Waals surface area contributed by atoms with Gasteiger partial charge >= 0.3 is 6.03 Å². The highest BCUT2D eigenvalue weighted by atomic mass is 16.5. The van der Waals surface area contributed by atoms with Crippen molar-refractivity contribution in [2.45, 2.75) is 25.0 Å². The Bertz CT molecular complexity index is 436. The van der Waals surface area contributed by atoms with Crippen molar-refractivity contribution >= 4 is 6.03 Å². The highest BCUT2D eigenvalue weighted by Crippen LogP contribution is 2.30. The van der Waals surface area contributed by atoms with Crippen LogP contribution in [-0.2, 0) is 11.2 Å². The Morgan fingerprint density at radius 2 is 2.26 bits per heavy atom. The fraction of sp³-hybridized carbons (Fsp3) is 0.500. The van der Waals surface area contributed by atoms with Gasteiger partial charge < -0.3 is 20.5 Å². The first-order valence-corrected chi connectivity index (χ1v) is 6.51. The molecule has 5 nitrogen and oxygen atoms in total. The summed E-state index contributed by atoms with van der Waals surface area (Å²) in [7, 11) is 1.63. The Kier molecular flexibility index (Phi) is 4.76. The number of urea groups is 1. The maximum Gasteiger partial charge on any atom is 0.315 e. The van der Waals surface area contributed by atoms with Crippen LogP contribution in [0.25, 0.3) is 0 Å². The molecule has 5 heteroatoms. The Morgan fingerprint density at radius 1 is 1.47 bits per heavy atom. The molecule has 0 fully saturated rings. The highest BCUT2D eigenvalue weighted by Gasteiger charge is 2.31. The third-order valence-electron chi connectivity index (χ3n) is 3.30. The molecule has 2 unspecified atom stereocenters. The lowest BCUT2D eigenvalue weighted by atomic mass is 10.1. The van der Waals surface area contributed by atoms with E-state index in [0.29, 0.717) is 19.6 Å². The van der Waals surface area contributed by atoms with Crippen molar-refractivity contribution in [1.29, 1.82) is 0 Å². The lowest BCUT2D eigenvalue weighted by Crippen LogP contribution is -2.41. The second-order valence-electron chi connectivity index (χ2n) is 4.69. The summed E-state index contributed by atoms with van der Waals surface area (Å²) in [6.07, 6.45) is 0.806. The summed E-state index contributed by atoms with van der Waals surface area (Å²) in [5.74, 6) is 0. The van der Waals surface area contributed by atoms with Crippen LogP contribution in [0.5, 0.6) is 0 Å². The molecular formula is C14H20N2O3. The van der Waals surface area contributed by atoms with Gasteiger partial charge in [-0.1, -0.05) is 24.3 Å². The average Bonchev–Trinajstić information content (AvgIpc) is 2.72. The number of methoxy groups -OCH3 is 1. The number of benzene rings is 1. The van der Waals surface area contributed by atoms with Crippen LogP contribution in [0.3, 0.4) is 0 Å². The van der Waals surface area contributed by atoms with Gasteiger partial charge in [-0.3, -0.25) is 0 Å². The van der Waals surface area contributed by atoms with Crippen molar-refractivity contribution in [3.05, 3.63) is 35.4 Å². The SMILES string of the molecule is COCCCNC(=O)NC1c2ccccc2CC1O. The van der Waals surface area contributed by atoms with E-state index < -0.39 is 6.10 Å². The van der Waals surface area contributed by atoms with Gasteiger partial charge in [0.25, 0.3) is 0 Å². The summed E-state index contributed by atoms with van der Waals surface area (Å²) in [5.41, 5.74) is 2.10. The molecule has 1 aromatic rings. The molecule has 0 saturated heterocycles. The van der Waals surface area contributed by atoms with E-state index in [2.05, 4.69) is 10.6 Å². The fourth-order valence-electron chi connectivity index (χ4n) is 2.36. The first-order chi connectivity index (χ1) is 9.22. The van der Waals surface area contributed by atoms with Crippen LogP contribution in [0.1, 0.15) is 23.6 Å². The largest absolute Gasteiger partial charge is 0.390 e. The molecule has 19 heavy (non-hydrogen) atoms. The molecule has 0 aromatic heterocycles. The van der Waals surface area contributed by atoms with Crippen molar-refractivity contribution in [2.24, 2.45) is 0 Å². The number of hydrogen-bond acceptors (Lipinski definition) is 3. The normalized spacial score (nSPS) is 20.9. The number of hydrogen-bond donors (Lipinski definition) is 3. The molecule has 104 valence electrons. The number of amides is 2. The molecule has 0 heterocycles. The lowest BCUT2D eigenvalue weighted by molar-refractivity contribution is 0.142. The first-order valence-electron chi connectivity index (χ1n) is 6.51. The molecule has 1 aliphatic carbocycles. The van der Waals surface area contributed by atoms with Crippen molar-refractivity contribution in [1.82, 2.24) is 10.6 Å². The molecule has 2 atom stereocenters. The smallest absolute Gasteiger partial charge is 0.315 e. The lowest BCUT2D eigenvalue weighted by Gasteiger charge is -2.18. The zero-order valence-electron chi connectivity index (χ0n) is 11.1. The van der Waals surface area contributed by atoms with Crippen molar-refractivity contribution in [2.75, 3.05) is 20.3 Å². The zero-order valence-corrected chi connectivity index (χ0v) is 11.1. The topological polar surface area (TPSA) is 70.6 Å². The van der Waals surface area contributed by atoms with E-state index in [1.54, 1.807) is 7.11 Å². The van der Waals surface area contributed by atoms with Gasteiger partial charge in [0.15, 0.2) is 0 Å². The van der Waals surface area contributed by atoms with Crippen molar-refractivity contribution in [3.8, 4) is 0 Å². The molecule has 0 aliphatic heterocycles. The second-order valence-corrected chi connectivity index (χ2v) is 4.69. The van der Waals surface area contributed by atoms with Gasteiger partial charge in [0.1, 0.15) is 0 Å². The minimum absolute atomic E-state index is 0.253. The predicted molar refractivity (Wildman–Crippen MR) is 71.9 cm³/mol. The van der Waals surface area contributed by atoms with Crippen LogP contribution < -0.4 is 10.6 Å². The van der Waals surface area contributed by atoms with E-state index in [1.807, 2.05) is 24.3 Å². The van der Waals surface area contributed by atoms with Gasteiger partial charge in [0, 0.05) is 26.7 Å². The van der Waals surface area contributed by atoms with Crippen LogP contribution in [0.4, 0.5) is 4.79 Å². The van der Waals surface area contributed by atoms with E-state index in [0.717, 1.165) is 17.5 Å².